The van der Waals surface area contributed by atoms with Gasteiger partial charge in [0.05, 0.1) is 18.3 Å². The lowest BCUT2D eigenvalue weighted by Gasteiger charge is -2.37. The van der Waals surface area contributed by atoms with E-state index < -0.39 is 43.8 Å². The highest BCUT2D eigenvalue weighted by atomic mass is 28.4. The molecule has 4 atom stereocenters. The van der Waals surface area contributed by atoms with E-state index in [4.69, 9.17) is 18.6 Å². The molecule has 0 aromatic rings. The summed E-state index contributed by atoms with van der Waals surface area (Å²) in [6, 6.07) is 0. The Bertz CT molecular complexity index is 750. The van der Waals surface area contributed by atoms with Crippen molar-refractivity contribution in [1.82, 2.24) is 0 Å². The second-order valence-corrected chi connectivity index (χ2v) is 15.7. The summed E-state index contributed by atoms with van der Waals surface area (Å²) in [6.07, 6.45) is 2.35. The van der Waals surface area contributed by atoms with Gasteiger partial charge in [-0.3, -0.25) is 14.4 Å². The molecule has 2 aliphatic rings. The SMILES string of the molecule is CC(C)OC(=O)[C@H]1[C@@H]2C=CC(=O)[C@@](CCCO[Si](C)(C)C(C)(C)C)(O2)[C@@H]1C(=O)OC(C)C. The van der Waals surface area contributed by atoms with Crippen LogP contribution in [0.3, 0.4) is 0 Å². The predicted octanol–water partition coefficient (Wildman–Crippen LogP) is 4.20. The molecule has 0 unspecified atom stereocenters. The Kier molecular flexibility index (Phi) is 8.16. The van der Waals surface area contributed by atoms with E-state index in [1.165, 1.54) is 6.08 Å². The maximum Gasteiger partial charge on any atom is 0.313 e. The Morgan fingerprint density at radius 3 is 2.19 bits per heavy atom. The van der Waals surface area contributed by atoms with Gasteiger partial charge in [-0.05, 0) is 64.7 Å². The third-order valence-corrected chi connectivity index (χ3v) is 11.1. The highest BCUT2D eigenvalue weighted by Gasteiger charge is 2.65. The first-order chi connectivity index (χ1) is 14.6. The average molecular weight is 469 g/mol. The van der Waals surface area contributed by atoms with Crippen LogP contribution in [0.5, 0.6) is 0 Å². The van der Waals surface area contributed by atoms with Crippen LogP contribution in [0.25, 0.3) is 0 Å². The molecule has 0 radical (unpaired) electrons. The molecule has 2 heterocycles. The van der Waals surface area contributed by atoms with Crippen molar-refractivity contribution in [3.8, 4) is 0 Å². The van der Waals surface area contributed by atoms with Gasteiger partial charge in [-0.2, -0.15) is 0 Å². The third-order valence-electron chi connectivity index (χ3n) is 6.61. The van der Waals surface area contributed by atoms with Gasteiger partial charge in [-0.15, -0.1) is 0 Å². The molecule has 8 heteroatoms. The van der Waals surface area contributed by atoms with Crippen LogP contribution in [-0.4, -0.2) is 56.6 Å². The zero-order valence-corrected chi connectivity index (χ0v) is 22.0. The molecule has 1 saturated heterocycles. The molecule has 32 heavy (non-hydrogen) atoms. The van der Waals surface area contributed by atoms with E-state index in [0.29, 0.717) is 13.0 Å². The number of ether oxygens (including phenoxy) is 3. The average Bonchev–Trinajstić information content (AvgIpc) is 2.91. The van der Waals surface area contributed by atoms with Crippen molar-refractivity contribution in [2.75, 3.05) is 6.61 Å². The molecule has 0 spiro atoms. The summed E-state index contributed by atoms with van der Waals surface area (Å²) in [5.41, 5.74) is -1.44. The minimum atomic E-state index is -1.95. The van der Waals surface area contributed by atoms with Crippen molar-refractivity contribution < 1.29 is 33.0 Å². The van der Waals surface area contributed by atoms with Crippen LogP contribution in [0, 0.1) is 11.8 Å². The van der Waals surface area contributed by atoms with Crippen LogP contribution in [0.4, 0.5) is 0 Å². The highest BCUT2D eigenvalue weighted by Crippen LogP contribution is 2.49. The molecule has 1 fully saturated rings. The van der Waals surface area contributed by atoms with Crippen molar-refractivity contribution in [2.24, 2.45) is 11.8 Å². The molecule has 0 amide bonds. The largest absolute Gasteiger partial charge is 0.463 e. The van der Waals surface area contributed by atoms with Gasteiger partial charge in [0.2, 0.25) is 0 Å². The lowest BCUT2D eigenvalue weighted by Crippen LogP contribution is -2.50. The number of hydrogen-bond donors (Lipinski definition) is 0. The van der Waals surface area contributed by atoms with Crippen molar-refractivity contribution in [2.45, 2.75) is 103 Å². The van der Waals surface area contributed by atoms with Gasteiger partial charge in [0, 0.05) is 6.61 Å². The second kappa shape index (κ2) is 9.77. The minimum absolute atomic E-state index is 0.0684. The summed E-state index contributed by atoms with van der Waals surface area (Å²) >= 11 is 0. The van der Waals surface area contributed by atoms with Gasteiger partial charge < -0.3 is 18.6 Å². The highest BCUT2D eigenvalue weighted by molar-refractivity contribution is 6.74. The molecule has 0 N–H and O–H groups in total. The fraction of sp³-hybridized carbons (Fsp3) is 0.792. The molecule has 0 aliphatic carbocycles. The van der Waals surface area contributed by atoms with Crippen LogP contribution in [0.15, 0.2) is 12.2 Å². The summed E-state index contributed by atoms with van der Waals surface area (Å²) in [5.74, 6) is -3.44. The van der Waals surface area contributed by atoms with E-state index in [9.17, 15) is 14.4 Å². The van der Waals surface area contributed by atoms with Gasteiger partial charge in [0.25, 0.3) is 0 Å². The van der Waals surface area contributed by atoms with Gasteiger partial charge in [0.1, 0.15) is 17.4 Å². The van der Waals surface area contributed by atoms with E-state index in [0.717, 1.165) is 0 Å². The minimum Gasteiger partial charge on any atom is -0.463 e. The number of carbonyl (C=O) groups excluding carboxylic acids is 3. The number of carbonyl (C=O) groups is 3. The normalized spacial score (nSPS) is 27.8. The fourth-order valence-corrected chi connectivity index (χ4v) is 5.09. The smallest absolute Gasteiger partial charge is 0.313 e. The zero-order chi connectivity index (χ0) is 24.5. The number of ketones is 1. The maximum absolute atomic E-state index is 13.2. The molecule has 2 aliphatic heterocycles. The number of fused-ring (bicyclic) bond motifs is 2. The van der Waals surface area contributed by atoms with Crippen LogP contribution in [-0.2, 0) is 33.0 Å². The lowest BCUT2D eigenvalue weighted by molar-refractivity contribution is -0.169. The predicted molar refractivity (Wildman–Crippen MR) is 124 cm³/mol. The monoisotopic (exact) mass is 468 g/mol. The Labute approximate surface area is 193 Å². The Morgan fingerprint density at radius 1 is 1.09 bits per heavy atom. The van der Waals surface area contributed by atoms with E-state index in [1.54, 1.807) is 33.8 Å². The van der Waals surface area contributed by atoms with E-state index in [1.807, 2.05) is 0 Å². The summed E-state index contributed by atoms with van der Waals surface area (Å²) in [5, 5.41) is 0.0684. The van der Waals surface area contributed by atoms with Crippen molar-refractivity contribution >= 4 is 26.0 Å². The summed E-state index contributed by atoms with van der Waals surface area (Å²) < 4.78 is 23.3. The van der Waals surface area contributed by atoms with Crippen LogP contribution in [0.2, 0.25) is 18.1 Å². The van der Waals surface area contributed by atoms with Crippen LogP contribution >= 0.6 is 0 Å². The summed E-state index contributed by atoms with van der Waals surface area (Å²) in [7, 11) is -1.95. The van der Waals surface area contributed by atoms with Gasteiger partial charge >= 0.3 is 11.9 Å². The number of hydrogen-bond acceptors (Lipinski definition) is 7. The van der Waals surface area contributed by atoms with Crippen molar-refractivity contribution in [3.05, 3.63) is 12.2 Å². The topological polar surface area (TPSA) is 88.1 Å². The second-order valence-electron chi connectivity index (χ2n) is 10.9. The van der Waals surface area contributed by atoms with Crippen molar-refractivity contribution in [3.63, 3.8) is 0 Å². The molecule has 182 valence electrons. The lowest BCUT2D eigenvalue weighted by atomic mass is 9.76. The Balaban J connectivity index is 2.29. The van der Waals surface area contributed by atoms with Gasteiger partial charge in [0.15, 0.2) is 14.1 Å². The Hall–Kier alpha value is -1.51. The fourth-order valence-electron chi connectivity index (χ4n) is 4.00. The molecule has 0 saturated carbocycles. The van der Waals surface area contributed by atoms with Gasteiger partial charge in [-0.1, -0.05) is 26.8 Å². The standard InChI is InChI=1S/C24H40O7Si/c1-15(2)29-21(26)19-17-11-12-18(25)24(31-17,20(19)22(27)30-16(3)4)13-10-14-28-32(8,9)23(5,6)7/h11-12,15-17,19-20H,10,13-14H2,1-9H3/t17-,19-,20-,24+/m0/s1. The summed E-state index contributed by atoms with van der Waals surface area (Å²) in [6.45, 7) is 18.3. The first-order valence-electron chi connectivity index (χ1n) is 11.6. The molecule has 0 aromatic heterocycles. The maximum atomic E-state index is 13.2. The quantitative estimate of drug-likeness (QED) is 0.285. The van der Waals surface area contributed by atoms with E-state index in [-0.39, 0.29) is 29.5 Å². The molecular formula is C24H40O7Si. The summed E-state index contributed by atoms with van der Waals surface area (Å²) in [4.78, 5) is 39.2. The Morgan fingerprint density at radius 2 is 1.66 bits per heavy atom. The number of esters is 2. The first kappa shape index (κ1) is 26.7. The van der Waals surface area contributed by atoms with Crippen LogP contribution in [0.1, 0.15) is 61.3 Å². The van der Waals surface area contributed by atoms with E-state index >= 15 is 0 Å². The molecule has 2 bridgehead atoms. The molecular weight excluding hydrogens is 428 g/mol. The molecule has 7 nitrogen and oxygen atoms in total. The zero-order valence-electron chi connectivity index (χ0n) is 21.0. The van der Waals surface area contributed by atoms with Crippen molar-refractivity contribution in [1.29, 1.82) is 0 Å². The van der Waals surface area contributed by atoms with E-state index in [2.05, 4.69) is 33.9 Å². The molecule has 0 aromatic carbocycles. The first-order valence-corrected chi connectivity index (χ1v) is 14.5. The van der Waals surface area contributed by atoms with Crippen LogP contribution < -0.4 is 0 Å². The number of rotatable bonds is 9. The van der Waals surface area contributed by atoms with Gasteiger partial charge in [-0.25, -0.2) is 0 Å². The molecule has 2 rings (SSSR count). The third kappa shape index (κ3) is 5.51.